The first-order valence-electron chi connectivity index (χ1n) is 10.5. The molecule has 0 aromatic rings. The van der Waals surface area contributed by atoms with Gasteiger partial charge in [-0.3, -0.25) is 14.7 Å². The van der Waals surface area contributed by atoms with Crippen LogP contribution in [0.3, 0.4) is 0 Å². The molecule has 30 heavy (non-hydrogen) atoms. The number of sulfonamides is 1. The first-order chi connectivity index (χ1) is 13.9. The predicted octanol–water partition coefficient (Wildman–Crippen LogP) is -0.402. The monoisotopic (exact) mass is 560 g/mol. The Morgan fingerprint density at radius 2 is 1.97 bits per heavy atom. The van der Waals surface area contributed by atoms with Crippen molar-refractivity contribution in [3.05, 3.63) is 0 Å². The third-order valence-corrected chi connectivity index (χ3v) is 6.41. The lowest BCUT2D eigenvalue weighted by molar-refractivity contribution is -0.119. The van der Waals surface area contributed by atoms with Crippen molar-refractivity contribution in [3.63, 3.8) is 0 Å². The fraction of sp³-hybridized carbons (Fsp3) is 0.889. The summed E-state index contributed by atoms with van der Waals surface area (Å²) in [6.45, 7) is 5.74. The van der Waals surface area contributed by atoms with E-state index < -0.39 is 10.0 Å². The third-order valence-electron chi connectivity index (χ3n) is 5.09. The van der Waals surface area contributed by atoms with Crippen LogP contribution in [0.25, 0.3) is 0 Å². The van der Waals surface area contributed by atoms with Crippen molar-refractivity contribution in [2.75, 3.05) is 51.6 Å². The van der Waals surface area contributed by atoms with E-state index >= 15 is 0 Å². The van der Waals surface area contributed by atoms with Crippen LogP contribution in [-0.2, 0) is 19.6 Å². The number of nitrogens with zero attached hydrogens (tertiary/aromatic N) is 2. The summed E-state index contributed by atoms with van der Waals surface area (Å²) in [6.07, 6.45) is 4.74. The quantitative estimate of drug-likeness (QED) is 0.162. The molecule has 2 aliphatic heterocycles. The van der Waals surface area contributed by atoms with E-state index in [0.717, 1.165) is 45.2 Å². The summed E-state index contributed by atoms with van der Waals surface area (Å²) >= 11 is 0. The average Bonchev–Trinajstić information content (AvgIpc) is 2.68. The zero-order valence-electron chi connectivity index (χ0n) is 17.8. The minimum atomic E-state index is -3.39. The molecule has 2 fully saturated rings. The molecular weight excluding hydrogens is 523 g/mol. The van der Waals surface area contributed by atoms with E-state index in [1.54, 1.807) is 0 Å². The normalized spacial score (nSPS) is 21.6. The number of carbonyl (C=O) groups is 1. The number of rotatable bonds is 10. The van der Waals surface area contributed by atoms with Crippen LogP contribution in [0.4, 0.5) is 0 Å². The molecule has 0 aromatic heterocycles. The largest absolute Gasteiger partial charge is 0.377 e. The lowest BCUT2D eigenvalue weighted by Crippen LogP contribution is -2.50. The zero-order chi connectivity index (χ0) is 21.1. The summed E-state index contributed by atoms with van der Waals surface area (Å²) in [5, 5.41) is 6.52. The number of amides is 1. The highest BCUT2D eigenvalue weighted by Crippen LogP contribution is 2.12. The molecule has 1 amide bonds. The number of ether oxygens (including phenoxy) is 1. The molecule has 0 saturated carbocycles. The molecule has 2 aliphatic rings. The maximum atomic E-state index is 12.2. The molecule has 2 saturated heterocycles. The standard InChI is InChI=1S/C18H36N6O4S.HI/c1-2-20-18(23-15-6-9-24(10-7-15)14-17(19)25)21-8-12-29(26,27)22-13-16-5-3-4-11-28-16;/h15-16,22H,2-14H2,1H3,(H2,19,25)(H2,20,21,23);1H. The van der Waals surface area contributed by atoms with Gasteiger partial charge in [0.05, 0.1) is 24.9 Å². The van der Waals surface area contributed by atoms with Gasteiger partial charge in [0.2, 0.25) is 15.9 Å². The van der Waals surface area contributed by atoms with Crippen LogP contribution in [0, 0.1) is 0 Å². The van der Waals surface area contributed by atoms with Crippen molar-refractivity contribution in [2.24, 2.45) is 10.7 Å². The number of primary amides is 1. The number of carbonyl (C=O) groups excluding carboxylic acids is 1. The predicted molar refractivity (Wildman–Crippen MR) is 129 cm³/mol. The average molecular weight is 561 g/mol. The molecule has 0 aromatic carbocycles. The van der Waals surface area contributed by atoms with E-state index in [0.29, 0.717) is 25.7 Å². The van der Waals surface area contributed by atoms with E-state index in [-0.39, 0.29) is 60.9 Å². The number of nitrogens with one attached hydrogen (secondary N) is 3. The third kappa shape index (κ3) is 11.1. The first-order valence-corrected chi connectivity index (χ1v) is 12.2. The number of hydrogen-bond donors (Lipinski definition) is 4. The number of piperidine rings is 1. The summed E-state index contributed by atoms with van der Waals surface area (Å²) in [5.74, 6) is 0.246. The van der Waals surface area contributed by atoms with Gasteiger partial charge in [-0.25, -0.2) is 13.1 Å². The number of nitrogens with two attached hydrogens (primary N) is 1. The van der Waals surface area contributed by atoms with Gasteiger partial charge in [0.25, 0.3) is 0 Å². The van der Waals surface area contributed by atoms with E-state index in [4.69, 9.17) is 10.5 Å². The number of aliphatic imine (C=N–C) groups is 1. The van der Waals surface area contributed by atoms with Gasteiger partial charge in [0.1, 0.15) is 0 Å². The smallest absolute Gasteiger partial charge is 0.231 e. The fourth-order valence-electron chi connectivity index (χ4n) is 3.51. The molecule has 12 heteroatoms. The SMILES string of the molecule is CCNC(=NCCS(=O)(=O)NCC1CCCCO1)NC1CCN(CC(N)=O)CC1.I. The minimum absolute atomic E-state index is 0. The Bertz CT molecular complexity index is 635. The summed E-state index contributed by atoms with van der Waals surface area (Å²) in [6, 6.07) is 0.232. The van der Waals surface area contributed by atoms with Gasteiger partial charge in [-0.05, 0) is 39.0 Å². The maximum absolute atomic E-state index is 12.2. The summed E-state index contributed by atoms with van der Waals surface area (Å²) in [5.41, 5.74) is 5.25. The second kappa shape index (κ2) is 14.4. The summed E-state index contributed by atoms with van der Waals surface area (Å²) in [7, 11) is -3.39. The molecule has 2 heterocycles. The van der Waals surface area contributed by atoms with Crippen molar-refractivity contribution < 1.29 is 17.9 Å². The van der Waals surface area contributed by atoms with E-state index in [1.165, 1.54) is 0 Å². The second-order valence-corrected chi connectivity index (χ2v) is 9.50. The molecule has 0 bridgehead atoms. The summed E-state index contributed by atoms with van der Waals surface area (Å²) in [4.78, 5) is 17.5. The van der Waals surface area contributed by atoms with E-state index in [2.05, 4.69) is 20.3 Å². The molecule has 2 rings (SSSR count). The van der Waals surface area contributed by atoms with Crippen molar-refractivity contribution in [1.82, 2.24) is 20.3 Å². The van der Waals surface area contributed by atoms with Gasteiger partial charge >= 0.3 is 0 Å². The van der Waals surface area contributed by atoms with Crippen LogP contribution in [0.5, 0.6) is 0 Å². The number of likely N-dealkylation sites (tertiary alicyclic amines) is 1. The maximum Gasteiger partial charge on any atom is 0.231 e. The van der Waals surface area contributed by atoms with Crippen molar-refractivity contribution >= 4 is 45.9 Å². The summed E-state index contributed by atoms with van der Waals surface area (Å²) < 4.78 is 32.6. The molecule has 0 radical (unpaired) electrons. The Kier molecular flexibility index (Phi) is 13.1. The van der Waals surface area contributed by atoms with E-state index in [1.807, 2.05) is 11.8 Å². The lowest BCUT2D eigenvalue weighted by atomic mass is 10.1. The minimum Gasteiger partial charge on any atom is -0.377 e. The highest BCUT2D eigenvalue weighted by atomic mass is 127. The molecular formula is C18H37IN6O4S. The van der Waals surface area contributed by atoms with Crippen LogP contribution < -0.4 is 21.1 Å². The van der Waals surface area contributed by atoms with Crippen LogP contribution in [-0.4, -0.2) is 89.0 Å². The Morgan fingerprint density at radius 1 is 1.23 bits per heavy atom. The van der Waals surface area contributed by atoms with Crippen LogP contribution in [0.15, 0.2) is 4.99 Å². The van der Waals surface area contributed by atoms with Crippen LogP contribution >= 0.6 is 24.0 Å². The number of guanidine groups is 1. The van der Waals surface area contributed by atoms with E-state index in [9.17, 15) is 13.2 Å². The highest BCUT2D eigenvalue weighted by molar-refractivity contribution is 14.0. The second-order valence-electron chi connectivity index (χ2n) is 7.58. The topological polar surface area (TPSA) is 138 Å². The number of halogens is 1. The van der Waals surface area contributed by atoms with Gasteiger partial charge in [0.15, 0.2) is 5.96 Å². The van der Waals surface area contributed by atoms with Crippen molar-refractivity contribution in [2.45, 2.75) is 51.2 Å². The van der Waals surface area contributed by atoms with Gasteiger partial charge in [-0.1, -0.05) is 0 Å². The molecule has 1 atom stereocenters. The van der Waals surface area contributed by atoms with Gasteiger partial charge in [-0.15, -0.1) is 24.0 Å². The molecule has 5 N–H and O–H groups in total. The molecule has 0 spiro atoms. The Morgan fingerprint density at radius 3 is 2.57 bits per heavy atom. The fourth-order valence-corrected chi connectivity index (χ4v) is 4.42. The van der Waals surface area contributed by atoms with Crippen molar-refractivity contribution in [1.29, 1.82) is 0 Å². The van der Waals surface area contributed by atoms with Gasteiger partial charge in [-0.2, -0.15) is 0 Å². The Labute approximate surface area is 197 Å². The number of hydrogen-bond acceptors (Lipinski definition) is 6. The Hall–Kier alpha value is -0.700. The Balaban J connectivity index is 0.00000450. The van der Waals surface area contributed by atoms with Gasteiger partial charge < -0.3 is 21.1 Å². The first kappa shape index (κ1) is 27.3. The zero-order valence-corrected chi connectivity index (χ0v) is 20.9. The van der Waals surface area contributed by atoms with Crippen LogP contribution in [0.2, 0.25) is 0 Å². The van der Waals surface area contributed by atoms with Gasteiger partial charge in [0, 0.05) is 38.8 Å². The lowest BCUT2D eigenvalue weighted by Gasteiger charge is -2.32. The molecule has 176 valence electrons. The molecule has 0 aliphatic carbocycles. The van der Waals surface area contributed by atoms with Crippen LogP contribution in [0.1, 0.15) is 39.0 Å². The van der Waals surface area contributed by atoms with Crippen molar-refractivity contribution in [3.8, 4) is 0 Å². The molecule has 10 nitrogen and oxygen atoms in total. The highest BCUT2D eigenvalue weighted by Gasteiger charge is 2.21. The molecule has 1 unspecified atom stereocenters.